The highest BCUT2D eigenvalue weighted by Gasteiger charge is 2.12. The van der Waals surface area contributed by atoms with E-state index in [1.165, 1.54) is 6.07 Å². The van der Waals surface area contributed by atoms with Crippen molar-refractivity contribution in [2.24, 2.45) is 0 Å². The molecule has 0 amide bonds. The SMILES string of the molecule is CC.O=C(S)c1c(F)cccc1F. The maximum atomic E-state index is 12.6. The summed E-state index contributed by atoms with van der Waals surface area (Å²) < 4.78 is 25.2. The van der Waals surface area contributed by atoms with Gasteiger partial charge in [-0.15, -0.1) is 12.6 Å². The summed E-state index contributed by atoms with van der Waals surface area (Å²) in [5.41, 5.74) is -0.601. The average Bonchev–Trinajstić information content (AvgIpc) is 2.07. The quantitative estimate of drug-likeness (QED) is 0.696. The van der Waals surface area contributed by atoms with Gasteiger partial charge in [0.1, 0.15) is 11.6 Å². The summed E-state index contributed by atoms with van der Waals surface area (Å²) in [6, 6.07) is 3.20. The van der Waals surface area contributed by atoms with Crippen molar-refractivity contribution in [2.75, 3.05) is 0 Å². The Labute approximate surface area is 81.2 Å². The zero-order chi connectivity index (χ0) is 10.4. The van der Waals surface area contributed by atoms with E-state index in [2.05, 4.69) is 12.6 Å². The summed E-state index contributed by atoms with van der Waals surface area (Å²) in [6.07, 6.45) is 0. The van der Waals surface area contributed by atoms with Gasteiger partial charge in [0.2, 0.25) is 5.12 Å². The first-order chi connectivity index (χ1) is 6.13. The molecule has 0 aliphatic rings. The largest absolute Gasteiger partial charge is 0.282 e. The molecule has 0 radical (unpaired) electrons. The standard InChI is InChI=1S/C7H4F2OS.C2H6/c8-4-2-1-3-5(9)6(4)7(10)11;1-2/h1-3H,(H,10,11);1-2H3. The number of hydrogen-bond donors (Lipinski definition) is 1. The molecule has 0 fully saturated rings. The molecule has 0 atom stereocenters. The van der Waals surface area contributed by atoms with Gasteiger partial charge in [0.15, 0.2) is 0 Å². The molecule has 1 rings (SSSR count). The van der Waals surface area contributed by atoms with Crippen LogP contribution in [0.3, 0.4) is 0 Å². The van der Waals surface area contributed by atoms with Crippen LogP contribution in [0.5, 0.6) is 0 Å². The van der Waals surface area contributed by atoms with Crippen molar-refractivity contribution >= 4 is 17.7 Å². The number of rotatable bonds is 1. The lowest BCUT2D eigenvalue weighted by Crippen LogP contribution is -1.98. The highest BCUT2D eigenvalue weighted by Crippen LogP contribution is 2.13. The first-order valence-corrected chi connectivity index (χ1v) is 4.25. The molecule has 1 aromatic carbocycles. The van der Waals surface area contributed by atoms with E-state index in [0.717, 1.165) is 12.1 Å². The normalized spacial score (nSPS) is 8.69. The zero-order valence-corrected chi connectivity index (χ0v) is 8.24. The van der Waals surface area contributed by atoms with Gasteiger partial charge >= 0.3 is 0 Å². The smallest absolute Gasteiger partial charge is 0.222 e. The Bertz CT molecular complexity index is 279. The fraction of sp³-hybridized carbons (Fsp3) is 0.222. The molecular weight excluding hydrogens is 194 g/mol. The summed E-state index contributed by atoms with van der Waals surface area (Å²) in [7, 11) is 0. The van der Waals surface area contributed by atoms with Gasteiger partial charge in [-0.25, -0.2) is 8.78 Å². The Hall–Kier alpha value is -0.900. The first-order valence-electron chi connectivity index (χ1n) is 3.80. The van der Waals surface area contributed by atoms with Crippen molar-refractivity contribution in [3.05, 3.63) is 35.4 Å². The van der Waals surface area contributed by atoms with Crippen LogP contribution in [0.1, 0.15) is 24.2 Å². The van der Waals surface area contributed by atoms with Crippen LogP contribution in [0, 0.1) is 11.6 Å². The van der Waals surface area contributed by atoms with E-state index in [9.17, 15) is 13.6 Å². The molecular formula is C9H10F2OS. The fourth-order valence-electron chi connectivity index (χ4n) is 0.702. The molecule has 0 saturated heterocycles. The summed E-state index contributed by atoms with van der Waals surface area (Å²) in [6.45, 7) is 4.00. The molecule has 72 valence electrons. The van der Waals surface area contributed by atoms with Gasteiger partial charge in [0.05, 0.1) is 5.56 Å². The number of hydrogen-bond acceptors (Lipinski definition) is 1. The van der Waals surface area contributed by atoms with Gasteiger partial charge in [-0.05, 0) is 12.1 Å². The number of benzene rings is 1. The molecule has 1 aromatic rings. The average molecular weight is 204 g/mol. The minimum absolute atomic E-state index is 0.601. The molecule has 1 nitrogen and oxygen atoms in total. The van der Waals surface area contributed by atoms with Gasteiger partial charge < -0.3 is 0 Å². The van der Waals surface area contributed by atoms with Crippen LogP contribution in [-0.2, 0) is 0 Å². The lowest BCUT2D eigenvalue weighted by atomic mass is 10.2. The predicted octanol–water partition coefficient (Wildman–Crippen LogP) is 3.06. The lowest BCUT2D eigenvalue weighted by Gasteiger charge is -1.97. The molecule has 0 N–H and O–H groups in total. The summed E-state index contributed by atoms with van der Waals surface area (Å²) in [5.74, 6) is -1.77. The van der Waals surface area contributed by atoms with E-state index in [0.29, 0.717) is 0 Å². The van der Waals surface area contributed by atoms with Crippen LogP contribution >= 0.6 is 12.6 Å². The van der Waals surface area contributed by atoms with E-state index in [4.69, 9.17) is 0 Å². The van der Waals surface area contributed by atoms with E-state index in [1.807, 2.05) is 13.8 Å². The van der Waals surface area contributed by atoms with E-state index < -0.39 is 22.3 Å². The van der Waals surface area contributed by atoms with Crippen LogP contribution in [0.4, 0.5) is 8.78 Å². The van der Waals surface area contributed by atoms with Gasteiger partial charge in [-0.2, -0.15) is 0 Å². The van der Waals surface area contributed by atoms with E-state index in [-0.39, 0.29) is 0 Å². The van der Waals surface area contributed by atoms with Crippen LogP contribution in [0.15, 0.2) is 18.2 Å². The Morgan fingerprint density at radius 3 is 1.85 bits per heavy atom. The molecule has 0 aromatic heterocycles. The molecule has 0 spiro atoms. The van der Waals surface area contributed by atoms with Crippen molar-refractivity contribution < 1.29 is 13.6 Å². The lowest BCUT2D eigenvalue weighted by molar-refractivity contribution is 0.108. The third kappa shape index (κ3) is 3.14. The van der Waals surface area contributed by atoms with Crippen molar-refractivity contribution in [3.8, 4) is 0 Å². The Balaban J connectivity index is 0.000000671. The number of carbonyl (C=O) groups excluding carboxylic acids is 1. The molecule has 0 bridgehead atoms. The van der Waals surface area contributed by atoms with Gasteiger partial charge in [-0.3, -0.25) is 4.79 Å². The maximum absolute atomic E-state index is 12.6. The third-order valence-electron chi connectivity index (χ3n) is 1.18. The molecule has 4 heteroatoms. The second-order valence-electron chi connectivity index (χ2n) is 1.90. The van der Waals surface area contributed by atoms with Crippen LogP contribution < -0.4 is 0 Å². The maximum Gasteiger partial charge on any atom is 0.222 e. The van der Waals surface area contributed by atoms with Crippen molar-refractivity contribution in [2.45, 2.75) is 13.8 Å². The van der Waals surface area contributed by atoms with Gasteiger partial charge in [-0.1, -0.05) is 19.9 Å². The van der Waals surface area contributed by atoms with Crippen LogP contribution in [0.2, 0.25) is 0 Å². The van der Waals surface area contributed by atoms with Crippen molar-refractivity contribution in [1.29, 1.82) is 0 Å². The Kier molecular flexibility index (Phi) is 5.30. The second-order valence-corrected chi connectivity index (χ2v) is 2.31. The Morgan fingerprint density at radius 1 is 1.23 bits per heavy atom. The highest BCUT2D eigenvalue weighted by atomic mass is 32.1. The minimum Gasteiger partial charge on any atom is -0.282 e. The van der Waals surface area contributed by atoms with Gasteiger partial charge in [0, 0.05) is 0 Å². The zero-order valence-electron chi connectivity index (χ0n) is 7.34. The van der Waals surface area contributed by atoms with Gasteiger partial charge in [0.25, 0.3) is 0 Å². The van der Waals surface area contributed by atoms with Crippen LogP contribution in [0.25, 0.3) is 0 Å². The Morgan fingerprint density at radius 2 is 1.62 bits per heavy atom. The first kappa shape index (κ1) is 12.1. The second kappa shape index (κ2) is 5.70. The number of thiol groups is 1. The van der Waals surface area contributed by atoms with E-state index in [1.54, 1.807) is 0 Å². The topological polar surface area (TPSA) is 17.1 Å². The minimum atomic E-state index is -0.902. The fourth-order valence-corrected chi connectivity index (χ4v) is 0.916. The van der Waals surface area contributed by atoms with Crippen LogP contribution in [-0.4, -0.2) is 5.12 Å². The molecule has 0 aliphatic heterocycles. The predicted molar refractivity (Wildman–Crippen MR) is 51.0 cm³/mol. The number of halogens is 2. The summed E-state index contributed by atoms with van der Waals surface area (Å²) >= 11 is 3.31. The number of carbonyl (C=O) groups is 1. The highest BCUT2D eigenvalue weighted by molar-refractivity contribution is 7.97. The molecule has 0 aliphatic carbocycles. The van der Waals surface area contributed by atoms with E-state index >= 15 is 0 Å². The molecule has 13 heavy (non-hydrogen) atoms. The monoisotopic (exact) mass is 204 g/mol. The van der Waals surface area contributed by atoms with Crippen molar-refractivity contribution in [3.63, 3.8) is 0 Å². The third-order valence-corrected chi connectivity index (χ3v) is 1.40. The summed E-state index contributed by atoms with van der Waals surface area (Å²) in [5, 5.41) is -0.902. The molecule has 0 heterocycles. The van der Waals surface area contributed by atoms with Crippen molar-refractivity contribution in [1.82, 2.24) is 0 Å². The molecule has 0 saturated carbocycles. The molecule has 0 unspecified atom stereocenters. The summed E-state index contributed by atoms with van der Waals surface area (Å²) in [4.78, 5) is 10.5.